The molecule has 2 N–H and O–H groups in total. The van der Waals surface area contributed by atoms with Gasteiger partial charge in [-0.2, -0.15) is 0 Å². The lowest BCUT2D eigenvalue weighted by Gasteiger charge is -2.31. The third-order valence-electron chi connectivity index (χ3n) is 3.92. The summed E-state index contributed by atoms with van der Waals surface area (Å²) >= 11 is 0. The Bertz CT molecular complexity index is 978. The summed E-state index contributed by atoms with van der Waals surface area (Å²) in [7, 11) is 5.56. The lowest BCUT2D eigenvalue weighted by Crippen LogP contribution is -2.43. The fraction of sp³-hybridized carbons (Fsp3) is 0.286. The molecule has 0 saturated heterocycles. The highest BCUT2D eigenvalue weighted by Crippen LogP contribution is 2.30. The van der Waals surface area contributed by atoms with E-state index in [2.05, 4.69) is 15.5 Å². The SMILES string of the molecule is [B]c1cc(-n2c(-c3nonc3OC3CC(N)C3)noc2=O)ccc1F. The van der Waals surface area contributed by atoms with Crippen LogP contribution in [0.15, 0.2) is 32.1 Å². The first-order valence-electron chi connectivity index (χ1n) is 7.42. The molecule has 1 aliphatic rings. The molecular weight excluding hydrogens is 332 g/mol. The first kappa shape index (κ1) is 15.6. The molecule has 2 heterocycles. The molecule has 1 fully saturated rings. The third-order valence-corrected chi connectivity index (χ3v) is 3.92. The number of hydrogen-bond donors (Lipinski definition) is 1. The van der Waals surface area contributed by atoms with E-state index in [4.69, 9.17) is 27.5 Å². The van der Waals surface area contributed by atoms with Gasteiger partial charge in [-0.05, 0) is 41.4 Å². The van der Waals surface area contributed by atoms with Crippen molar-refractivity contribution in [1.29, 1.82) is 0 Å². The van der Waals surface area contributed by atoms with Gasteiger partial charge in [-0.3, -0.25) is 4.52 Å². The molecule has 1 aliphatic carbocycles. The lowest BCUT2D eigenvalue weighted by atomic mass is 9.90. The van der Waals surface area contributed by atoms with Crippen molar-refractivity contribution >= 4 is 13.3 Å². The molecule has 25 heavy (non-hydrogen) atoms. The van der Waals surface area contributed by atoms with E-state index in [1.807, 2.05) is 0 Å². The third kappa shape index (κ3) is 2.72. The van der Waals surface area contributed by atoms with Crippen molar-refractivity contribution < 1.29 is 18.3 Å². The van der Waals surface area contributed by atoms with E-state index in [1.54, 1.807) is 0 Å². The van der Waals surface area contributed by atoms with E-state index in [0.717, 1.165) is 10.6 Å². The molecule has 0 amide bonds. The van der Waals surface area contributed by atoms with E-state index in [0.29, 0.717) is 12.8 Å². The van der Waals surface area contributed by atoms with Crippen LogP contribution in [0.25, 0.3) is 17.2 Å². The molecule has 0 bridgehead atoms. The van der Waals surface area contributed by atoms with Crippen LogP contribution in [0.2, 0.25) is 0 Å². The maximum atomic E-state index is 13.4. The molecule has 1 saturated carbocycles. The summed E-state index contributed by atoms with van der Waals surface area (Å²) in [6, 6.07) is 3.84. The quantitative estimate of drug-likeness (QED) is 0.640. The van der Waals surface area contributed by atoms with Gasteiger partial charge in [0.05, 0.1) is 5.69 Å². The van der Waals surface area contributed by atoms with Gasteiger partial charge in [0.15, 0.2) is 0 Å². The van der Waals surface area contributed by atoms with Gasteiger partial charge in [0.2, 0.25) is 11.5 Å². The maximum Gasteiger partial charge on any atom is 0.446 e. The Balaban J connectivity index is 1.74. The summed E-state index contributed by atoms with van der Waals surface area (Å²) < 4.78 is 29.5. The Morgan fingerprint density at radius 3 is 2.84 bits per heavy atom. The van der Waals surface area contributed by atoms with Crippen molar-refractivity contribution in [1.82, 2.24) is 20.0 Å². The maximum absolute atomic E-state index is 13.4. The molecule has 126 valence electrons. The Hall–Kier alpha value is -2.95. The summed E-state index contributed by atoms with van der Waals surface area (Å²) in [5.41, 5.74) is 5.92. The average molecular weight is 343 g/mol. The van der Waals surface area contributed by atoms with Crippen molar-refractivity contribution in [2.24, 2.45) is 5.73 Å². The van der Waals surface area contributed by atoms with Crippen molar-refractivity contribution in [2.45, 2.75) is 25.0 Å². The second-order valence-corrected chi connectivity index (χ2v) is 5.70. The van der Waals surface area contributed by atoms with Gasteiger partial charge in [-0.15, -0.1) is 0 Å². The number of halogens is 1. The predicted molar refractivity (Wildman–Crippen MR) is 82.4 cm³/mol. The summed E-state index contributed by atoms with van der Waals surface area (Å²) in [6.07, 6.45) is 1.23. The van der Waals surface area contributed by atoms with Crippen molar-refractivity contribution in [3.05, 3.63) is 34.6 Å². The minimum atomic E-state index is -0.805. The molecule has 11 heteroatoms. The van der Waals surface area contributed by atoms with Gasteiger partial charge in [-0.25, -0.2) is 18.4 Å². The highest BCUT2D eigenvalue weighted by Gasteiger charge is 2.31. The molecule has 2 aromatic heterocycles. The normalized spacial score (nSPS) is 19.6. The summed E-state index contributed by atoms with van der Waals surface area (Å²) in [5, 5.41) is 11.1. The Morgan fingerprint density at radius 2 is 2.12 bits per heavy atom. The molecule has 0 aliphatic heterocycles. The van der Waals surface area contributed by atoms with Crippen LogP contribution in [0.3, 0.4) is 0 Å². The zero-order chi connectivity index (χ0) is 17.6. The smallest absolute Gasteiger partial charge is 0.446 e. The van der Waals surface area contributed by atoms with Crippen LogP contribution in [-0.4, -0.2) is 40.0 Å². The van der Waals surface area contributed by atoms with Crippen LogP contribution in [0.4, 0.5) is 4.39 Å². The number of ether oxygens (including phenoxy) is 1. The van der Waals surface area contributed by atoms with Gasteiger partial charge < -0.3 is 10.5 Å². The standard InChI is InChI=1S/C14H11BFN5O4/c15-9-5-7(1-2-10(9)16)21-12(19-24-14(21)22)11-13(20-25-18-11)23-8-3-6(17)4-8/h1-2,5-6,8H,3-4,17H2. The second kappa shape index (κ2) is 5.85. The van der Waals surface area contributed by atoms with E-state index in [1.165, 1.54) is 12.1 Å². The zero-order valence-electron chi connectivity index (χ0n) is 12.8. The second-order valence-electron chi connectivity index (χ2n) is 5.70. The van der Waals surface area contributed by atoms with Gasteiger partial charge >= 0.3 is 5.76 Å². The fourth-order valence-electron chi connectivity index (χ4n) is 2.55. The first-order chi connectivity index (χ1) is 12.0. The number of nitrogens with two attached hydrogens (primary N) is 1. The molecule has 4 rings (SSSR count). The summed E-state index contributed by atoms with van der Waals surface area (Å²) in [6.45, 7) is 0. The van der Waals surface area contributed by atoms with E-state index in [9.17, 15) is 9.18 Å². The number of hydrogen-bond acceptors (Lipinski definition) is 8. The number of benzene rings is 1. The van der Waals surface area contributed by atoms with Gasteiger partial charge in [-0.1, -0.05) is 10.6 Å². The minimum absolute atomic E-state index is 0.00381. The number of nitrogens with zero attached hydrogens (tertiary/aromatic N) is 4. The fourth-order valence-corrected chi connectivity index (χ4v) is 2.55. The number of rotatable bonds is 4. The molecule has 2 radical (unpaired) electrons. The van der Waals surface area contributed by atoms with E-state index < -0.39 is 11.6 Å². The molecule has 1 aromatic carbocycles. The molecular formula is C14H11BFN5O4. The van der Waals surface area contributed by atoms with Crippen LogP contribution in [0, 0.1) is 5.82 Å². The van der Waals surface area contributed by atoms with Crippen LogP contribution in [0.5, 0.6) is 5.88 Å². The first-order valence-corrected chi connectivity index (χ1v) is 7.42. The van der Waals surface area contributed by atoms with Gasteiger partial charge in [0.1, 0.15) is 19.8 Å². The molecule has 3 aromatic rings. The highest BCUT2D eigenvalue weighted by atomic mass is 19.1. The van der Waals surface area contributed by atoms with Crippen molar-refractivity contribution in [2.75, 3.05) is 0 Å². The Labute approximate surface area is 140 Å². The van der Waals surface area contributed by atoms with E-state index >= 15 is 0 Å². The van der Waals surface area contributed by atoms with Crippen molar-refractivity contribution in [3.8, 4) is 23.1 Å². The van der Waals surface area contributed by atoms with Gasteiger partial charge in [0.25, 0.3) is 5.88 Å². The number of aromatic nitrogens is 4. The largest absolute Gasteiger partial charge is 0.470 e. The Kier molecular flexibility index (Phi) is 3.64. The molecule has 0 unspecified atom stereocenters. The summed E-state index contributed by atoms with van der Waals surface area (Å²) in [4.78, 5) is 12.0. The summed E-state index contributed by atoms with van der Waals surface area (Å²) in [5.74, 6) is -1.35. The minimum Gasteiger partial charge on any atom is -0.470 e. The zero-order valence-corrected chi connectivity index (χ0v) is 12.8. The molecule has 0 atom stereocenters. The molecule has 9 nitrogen and oxygen atoms in total. The van der Waals surface area contributed by atoms with Gasteiger partial charge in [0, 0.05) is 6.04 Å². The predicted octanol–water partition coefficient (Wildman–Crippen LogP) is -0.323. The lowest BCUT2D eigenvalue weighted by molar-refractivity contribution is 0.0910. The van der Waals surface area contributed by atoms with Crippen LogP contribution in [0.1, 0.15) is 12.8 Å². The highest BCUT2D eigenvalue weighted by molar-refractivity contribution is 6.32. The Morgan fingerprint density at radius 1 is 1.32 bits per heavy atom. The topological polar surface area (TPSA) is 122 Å². The van der Waals surface area contributed by atoms with Crippen LogP contribution >= 0.6 is 0 Å². The van der Waals surface area contributed by atoms with Crippen LogP contribution < -0.4 is 21.7 Å². The van der Waals surface area contributed by atoms with Crippen LogP contribution in [-0.2, 0) is 0 Å². The van der Waals surface area contributed by atoms with Crippen molar-refractivity contribution in [3.63, 3.8) is 0 Å². The average Bonchev–Trinajstić information content (AvgIpc) is 3.15. The monoisotopic (exact) mass is 343 g/mol. The van der Waals surface area contributed by atoms with E-state index in [-0.39, 0.29) is 40.7 Å². The molecule has 0 spiro atoms.